The molecule has 20 heavy (non-hydrogen) atoms. The number of amides is 1. The highest BCUT2D eigenvalue weighted by atomic mass is 79.9. The number of hydrogen-bond donors (Lipinski definition) is 1. The van der Waals surface area contributed by atoms with Crippen molar-refractivity contribution >= 4 is 27.5 Å². The predicted molar refractivity (Wildman–Crippen MR) is 76.0 cm³/mol. The topological polar surface area (TPSA) is 65.4 Å². The fraction of sp³-hybridized carbons (Fsp3) is 0.231. The van der Waals surface area contributed by atoms with E-state index in [2.05, 4.69) is 26.3 Å². The summed E-state index contributed by atoms with van der Waals surface area (Å²) in [7, 11) is 0. The maximum Gasteiger partial charge on any atom is 0.246 e. The Kier molecular flexibility index (Phi) is 3.60. The molecule has 0 aliphatic carbocycles. The van der Waals surface area contributed by atoms with Gasteiger partial charge in [0, 0.05) is 29.0 Å². The van der Waals surface area contributed by atoms with Crippen molar-refractivity contribution in [3.05, 3.63) is 35.1 Å². The summed E-state index contributed by atoms with van der Waals surface area (Å²) >= 11 is 3.41. The molecule has 1 amide bonds. The first-order valence-corrected chi connectivity index (χ1v) is 6.88. The minimum absolute atomic E-state index is 0.161. The lowest BCUT2D eigenvalue weighted by Crippen LogP contribution is -2.20. The normalized spacial score (nSPS) is 13.1. The van der Waals surface area contributed by atoms with Crippen molar-refractivity contribution in [3.8, 4) is 11.5 Å². The second-order valence-electron chi connectivity index (χ2n) is 4.23. The first kappa shape index (κ1) is 13.0. The Morgan fingerprint density at radius 3 is 2.80 bits per heavy atom. The molecule has 1 aliphatic rings. The Morgan fingerprint density at radius 1 is 1.35 bits per heavy atom. The summed E-state index contributed by atoms with van der Waals surface area (Å²) in [5, 5.41) is 6.81. The molecule has 0 saturated carbocycles. The van der Waals surface area contributed by atoms with Crippen molar-refractivity contribution in [1.82, 2.24) is 9.78 Å². The number of aromatic nitrogens is 2. The van der Waals surface area contributed by atoms with Crippen LogP contribution in [0.15, 0.2) is 35.1 Å². The average molecular weight is 338 g/mol. The zero-order valence-corrected chi connectivity index (χ0v) is 12.1. The van der Waals surface area contributed by atoms with E-state index in [0.717, 1.165) is 4.47 Å². The second-order valence-corrected chi connectivity index (χ2v) is 5.08. The van der Waals surface area contributed by atoms with Crippen LogP contribution in [-0.2, 0) is 11.3 Å². The lowest BCUT2D eigenvalue weighted by Gasteiger charge is -2.20. The minimum Gasteiger partial charge on any atom is -0.486 e. The molecule has 2 heterocycles. The van der Waals surface area contributed by atoms with Crippen LogP contribution in [0.5, 0.6) is 11.5 Å². The summed E-state index contributed by atoms with van der Waals surface area (Å²) in [4.78, 5) is 11.9. The number of nitrogens with one attached hydrogen (secondary N) is 1. The molecule has 1 aliphatic heterocycles. The lowest BCUT2D eigenvalue weighted by atomic mass is 10.2. The molecule has 7 heteroatoms. The Hall–Kier alpha value is -2.02. The molecule has 1 N–H and O–H groups in total. The summed E-state index contributed by atoms with van der Waals surface area (Å²) in [6.07, 6.45) is 3.37. The third kappa shape index (κ3) is 2.77. The quantitative estimate of drug-likeness (QED) is 0.930. The number of ether oxygens (including phenoxy) is 2. The zero-order chi connectivity index (χ0) is 13.9. The van der Waals surface area contributed by atoms with Crippen LogP contribution in [0.3, 0.4) is 0 Å². The maximum atomic E-state index is 11.9. The van der Waals surface area contributed by atoms with Crippen LogP contribution in [0.4, 0.5) is 5.69 Å². The van der Waals surface area contributed by atoms with Crippen LogP contribution in [0, 0.1) is 0 Å². The number of nitrogens with zero attached hydrogens (tertiary/aromatic N) is 2. The van der Waals surface area contributed by atoms with Crippen LogP contribution in [-0.4, -0.2) is 28.9 Å². The van der Waals surface area contributed by atoms with E-state index in [1.54, 1.807) is 35.3 Å². The number of hydrogen-bond acceptors (Lipinski definition) is 4. The Labute approximate surface area is 123 Å². The van der Waals surface area contributed by atoms with Crippen molar-refractivity contribution in [2.24, 2.45) is 0 Å². The van der Waals surface area contributed by atoms with Gasteiger partial charge in [0.15, 0.2) is 11.5 Å². The molecule has 2 aromatic rings. The first-order chi connectivity index (χ1) is 9.72. The predicted octanol–water partition coefficient (Wildman–Crippen LogP) is 2.06. The van der Waals surface area contributed by atoms with Crippen LogP contribution < -0.4 is 14.8 Å². The van der Waals surface area contributed by atoms with Gasteiger partial charge in [-0.15, -0.1) is 0 Å². The number of rotatable bonds is 3. The smallest absolute Gasteiger partial charge is 0.246 e. The molecule has 0 bridgehead atoms. The van der Waals surface area contributed by atoms with Gasteiger partial charge in [-0.2, -0.15) is 5.10 Å². The number of halogens is 1. The summed E-state index contributed by atoms with van der Waals surface area (Å²) in [5.41, 5.74) is 0.645. The molecular weight excluding hydrogens is 326 g/mol. The highest BCUT2D eigenvalue weighted by molar-refractivity contribution is 9.10. The largest absolute Gasteiger partial charge is 0.486 e. The third-order valence-electron chi connectivity index (χ3n) is 2.77. The fourth-order valence-electron chi connectivity index (χ4n) is 1.89. The number of benzene rings is 1. The summed E-state index contributed by atoms with van der Waals surface area (Å²) in [6.45, 7) is 1.20. The van der Waals surface area contributed by atoms with Crippen LogP contribution in [0.1, 0.15) is 0 Å². The van der Waals surface area contributed by atoms with E-state index in [-0.39, 0.29) is 12.5 Å². The van der Waals surface area contributed by atoms with E-state index in [9.17, 15) is 4.79 Å². The van der Waals surface area contributed by atoms with E-state index < -0.39 is 0 Å². The highest BCUT2D eigenvalue weighted by Crippen LogP contribution is 2.38. The standard InChI is InChI=1S/C13H12BrN3O3/c14-9-6-11-12(20-5-4-19-11)7-10(9)16-13(18)8-17-3-1-2-15-17/h1-3,6-7H,4-5,8H2,(H,16,18). The number of fused-ring (bicyclic) bond motifs is 1. The maximum absolute atomic E-state index is 11.9. The summed E-state index contributed by atoms with van der Waals surface area (Å²) < 4.78 is 13.3. The van der Waals surface area contributed by atoms with Gasteiger partial charge in [0.05, 0.1) is 5.69 Å². The van der Waals surface area contributed by atoms with Crippen molar-refractivity contribution in [1.29, 1.82) is 0 Å². The highest BCUT2D eigenvalue weighted by Gasteiger charge is 2.16. The number of carbonyl (C=O) groups excluding carboxylic acids is 1. The molecule has 0 radical (unpaired) electrons. The van der Waals surface area contributed by atoms with Crippen molar-refractivity contribution < 1.29 is 14.3 Å². The van der Waals surface area contributed by atoms with Gasteiger partial charge in [-0.05, 0) is 22.0 Å². The average Bonchev–Trinajstić information content (AvgIpc) is 2.92. The van der Waals surface area contributed by atoms with Crippen LogP contribution >= 0.6 is 15.9 Å². The van der Waals surface area contributed by atoms with Gasteiger partial charge < -0.3 is 14.8 Å². The molecule has 3 rings (SSSR count). The fourth-order valence-corrected chi connectivity index (χ4v) is 2.31. The minimum atomic E-state index is -0.161. The summed E-state index contributed by atoms with van der Waals surface area (Å²) in [6, 6.07) is 5.31. The molecule has 0 unspecified atom stereocenters. The van der Waals surface area contributed by atoms with Crippen LogP contribution in [0.25, 0.3) is 0 Å². The number of anilines is 1. The number of carbonyl (C=O) groups is 1. The molecule has 6 nitrogen and oxygen atoms in total. The molecule has 0 saturated heterocycles. The Balaban J connectivity index is 1.75. The van der Waals surface area contributed by atoms with E-state index in [4.69, 9.17) is 9.47 Å². The zero-order valence-electron chi connectivity index (χ0n) is 10.5. The SMILES string of the molecule is O=C(Cn1cccn1)Nc1cc2c(cc1Br)OCCO2. The van der Waals surface area contributed by atoms with Gasteiger partial charge >= 0.3 is 0 Å². The van der Waals surface area contributed by atoms with Crippen molar-refractivity contribution in [2.75, 3.05) is 18.5 Å². The van der Waals surface area contributed by atoms with Crippen LogP contribution in [0.2, 0.25) is 0 Å². The monoisotopic (exact) mass is 337 g/mol. The van der Waals surface area contributed by atoms with Gasteiger partial charge in [0.25, 0.3) is 0 Å². The lowest BCUT2D eigenvalue weighted by molar-refractivity contribution is -0.116. The van der Waals surface area contributed by atoms with Gasteiger partial charge in [-0.25, -0.2) is 0 Å². The van der Waals surface area contributed by atoms with E-state index in [1.165, 1.54) is 0 Å². The van der Waals surface area contributed by atoms with Gasteiger partial charge in [-0.3, -0.25) is 9.48 Å². The molecule has 0 spiro atoms. The Bertz CT molecular complexity index is 628. The molecule has 0 atom stereocenters. The molecular formula is C13H12BrN3O3. The molecule has 1 aromatic carbocycles. The molecule has 0 fully saturated rings. The van der Waals surface area contributed by atoms with Gasteiger partial charge in [-0.1, -0.05) is 0 Å². The summed E-state index contributed by atoms with van der Waals surface area (Å²) in [5.74, 6) is 1.15. The first-order valence-electron chi connectivity index (χ1n) is 6.09. The third-order valence-corrected chi connectivity index (χ3v) is 3.43. The second kappa shape index (κ2) is 5.54. The van der Waals surface area contributed by atoms with E-state index in [0.29, 0.717) is 30.4 Å². The van der Waals surface area contributed by atoms with E-state index >= 15 is 0 Å². The van der Waals surface area contributed by atoms with Crippen molar-refractivity contribution in [2.45, 2.75) is 6.54 Å². The van der Waals surface area contributed by atoms with E-state index in [1.807, 2.05) is 0 Å². The molecule has 104 valence electrons. The Morgan fingerprint density at radius 2 is 2.10 bits per heavy atom. The van der Waals surface area contributed by atoms with Crippen molar-refractivity contribution in [3.63, 3.8) is 0 Å². The van der Waals surface area contributed by atoms with Gasteiger partial charge in [0.2, 0.25) is 5.91 Å². The van der Waals surface area contributed by atoms with Gasteiger partial charge in [0.1, 0.15) is 19.8 Å². The molecule has 1 aromatic heterocycles.